The van der Waals surface area contributed by atoms with Crippen LogP contribution < -0.4 is 5.48 Å². The lowest BCUT2D eigenvalue weighted by Crippen LogP contribution is -2.48. The van der Waals surface area contributed by atoms with Crippen LogP contribution >= 0.6 is 0 Å². The van der Waals surface area contributed by atoms with E-state index in [2.05, 4.69) is 5.48 Å². The molecule has 1 unspecified atom stereocenters. The topological polar surface area (TPSA) is 30.5 Å². The van der Waals surface area contributed by atoms with Gasteiger partial charge in [-0.2, -0.15) is 5.48 Å². The largest absolute Gasteiger partial charge is 0.381 e. The Morgan fingerprint density at radius 1 is 1.31 bits per heavy atom. The third-order valence-corrected chi connectivity index (χ3v) is 3.55. The van der Waals surface area contributed by atoms with Crippen LogP contribution in [0.4, 0.5) is 4.39 Å². The number of rotatable bonds is 1. The molecular formula is C12H14FNO2. The first-order valence-corrected chi connectivity index (χ1v) is 5.55. The summed E-state index contributed by atoms with van der Waals surface area (Å²) >= 11 is 0. The maximum absolute atomic E-state index is 13.9. The standard InChI is InChI=1S/C12H14FNO2/c13-11-4-2-1-3-10(11)12-5-6-15-7-9(12)8-16-14-12/h1-4,9,14H,5-8H2/t9-,12?/m0/s1. The van der Waals surface area contributed by atoms with Gasteiger partial charge in [-0.25, -0.2) is 4.39 Å². The van der Waals surface area contributed by atoms with E-state index in [1.807, 2.05) is 12.1 Å². The van der Waals surface area contributed by atoms with Gasteiger partial charge in [-0.05, 0) is 12.5 Å². The molecule has 0 aliphatic carbocycles. The van der Waals surface area contributed by atoms with Gasteiger partial charge in [0.1, 0.15) is 5.82 Å². The summed E-state index contributed by atoms with van der Waals surface area (Å²) in [5, 5.41) is 0. The highest BCUT2D eigenvalue weighted by molar-refractivity contribution is 5.28. The molecule has 1 aromatic rings. The summed E-state index contributed by atoms with van der Waals surface area (Å²) in [6, 6.07) is 6.89. The van der Waals surface area contributed by atoms with Crippen LogP contribution in [0.15, 0.2) is 24.3 Å². The summed E-state index contributed by atoms with van der Waals surface area (Å²) in [6.45, 7) is 1.84. The molecule has 16 heavy (non-hydrogen) atoms. The molecule has 86 valence electrons. The van der Waals surface area contributed by atoms with E-state index < -0.39 is 5.54 Å². The smallest absolute Gasteiger partial charge is 0.128 e. The Hall–Kier alpha value is -0.970. The van der Waals surface area contributed by atoms with Crippen molar-refractivity contribution in [2.45, 2.75) is 12.0 Å². The van der Waals surface area contributed by atoms with Crippen LogP contribution in [0.3, 0.4) is 0 Å². The van der Waals surface area contributed by atoms with Crippen LogP contribution in [0.25, 0.3) is 0 Å². The summed E-state index contributed by atoms with van der Waals surface area (Å²) in [7, 11) is 0. The van der Waals surface area contributed by atoms with E-state index in [0.29, 0.717) is 25.4 Å². The minimum Gasteiger partial charge on any atom is -0.381 e. The molecule has 4 heteroatoms. The van der Waals surface area contributed by atoms with Crippen molar-refractivity contribution >= 4 is 0 Å². The Morgan fingerprint density at radius 2 is 2.19 bits per heavy atom. The minimum absolute atomic E-state index is 0.174. The van der Waals surface area contributed by atoms with Crippen molar-refractivity contribution in [3.8, 4) is 0 Å². The summed E-state index contributed by atoms with van der Waals surface area (Å²) < 4.78 is 19.3. The highest BCUT2D eigenvalue weighted by Gasteiger charge is 2.48. The van der Waals surface area contributed by atoms with Crippen molar-refractivity contribution in [3.63, 3.8) is 0 Å². The van der Waals surface area contributed by atoms with Gasteiger partial charge in [0.25, 0.3) is 0 Å². The summed E-state index contributed by atoms with van der Waals surface area (Å²) in [4.78, 5) is 5.31. The van der Waals surface area contributed by atoms with Gasteiger partial charge in [0.05, 0.1) is 18.8 Å². The van der Waals surface area contributed by atoms with Gasteiger partial charge >= 0.3 is 0 Å². The molecule has 0 radical (unpaired) electrons. The van der Waals surface area contributed by atoms with Crippen molar-refractivity contribution in [1.82, 2.24) is 5.48 Å². The number of hydrogen-bond acceptors (Lipinski definition) is 3. The Labute approximate surface area is 93.5 Å². The van der Waals surface area contributed by atoms with Crippen molar-refractivity contribution < 1.29 is 14.0 Å². The van der Waals surface area contributed by atoms with Gasteiger partial charge in [-0.15, -0.1) is 0 Å². The Balaban J connectivity index is 2.05. The van der Waals surface area contributed by atoms with Crippen LogP contribution in [-0.4, -0.2) is 19.8 Å². The number of hydrogen-bond donors (Lipinski definition) is 1. The molecule has 0 amide bonds. The number of hydroxylamine groups is 1. The van der Waals surface area contributed by atoms with Gasteiger partial charge in [0, 0.05) is 18.1 Å². The molecule has 3 nitrogen and oxygen atoms in total. The maximum atomic E-state index is 13.9. The van der Waals surface area contributed by atoms with Crippen LogP contribution in [0.2, 0.25) is 0 Å². The SMILES string of the molecule is Fc1ccccc1C12CCOC[C@H]1CON2. The van der Waals surface area contributed by atoms with Gasteiger partial charge < -0.3 is 9.57 Å². The zero-order valence-corrected chi connectivity index (χ0v) is 8.91. The van der Waals surface area contributed by atoms with Gasteiger partial charge in [-0.3, -0.25) is 0 Å². The fourth-order valence-corrected chi connectivity index (χ4v) is 2.63. The highest BCUT2D eigenvalue weighted by Crippen LogP contribution is 2.41. The third kappa shape index (κ3) is 1.38. The Kier molecular flexibility index (Phi) is 2.42. The lowest BCUT2D eigenvalue weighted by Gasteiger charge is -2.37. The molecule has 2 aliphatic heterocycles. The van der Waals surface area contributed by atoms with Crippen molar-refractivity contribution in [2.24, 2.45) is 5.92 Å². The van der Waals surface area contributed by atoms with E-state index in [-0.39, 0.29) is 11.7 Å². The van der Waals surface area contributed by atoms with Crippen LogP contribution in [0.5, 0.6) is 0 Å². The van der Waals surface area contributed by atoms with E-state index >= 15 is 0 Å². The Morgan fingerprint density at radius 3 is 3.06 bits per heavy atom. The minimum atomic E-state index is -0.399. The summed E-state index contributed by atoms with van der Waals surface area (Å²) in [6.07, 6.45) is 0.749. The maximum Gasteiger partial charge on any atom is 0.128 e. The Bertz CT molecular complexity index is 398. The van der Waals surface area contributed by atoms with Crippen LogP contribution in [0, 0.1) is 11.7 Å². The van der Waals surface area contributed by atoms with Gasteiger partial charge in [0.15, 0.2) is 0 Å². The molecule has 1 aromatic carbocycles. The average molecular weight is 223 g/mol. The van der Waals surface area contributed by atoms with Crippen LogP contribution in [0.1, 0.15) is 12.0 Å². The van der Waals surface area contributed by atoms with Gasteiger partial charge in [-0.1, -0.05) is 18.2 Å². The zero-order valence-electron chi connectivity index (χ0n) is 8.91. The fourth-order valence-electron chi connectivity index (χ4n) is 2.63. The quantitative estimate of drug-likeness (QED) is 0.784. The van der Waals surface area contributed by atoms with E-state index in [9.17, 15) is 4.39 Å². The van der Waals surface area contributed by atoms with E-state index in [1.54, 1.807) is 6.07 Å². The highest BCUT2D eigenvalue weighted by atomic mass is 19.1. The molecule has 0 bridgehead atoms. The van der Waals surface area contributed by atoms with E-state index in [1.165, 1.54) is 6.07 Å². The van der Waals surface area contributed by atoms with Gasteiger partial charge in [0.2, 0.25) is 0 Å². The molecule has 2 aliphatic rings. The second-order valence-corrected chi connectivity index (χ2v) is 4.39. The van der Waals surface area contributed by atoms with Crippen molar-refractivity contribution in [3.05, 3.63) is 35.6 Å². The summed E-state index contributed by atoms with van der Waals surface area (Å²) in [5.74, 6) is 0.0190. The normalized spacial score (nSPS) is 33.7. The van der Waals surface area contributed by atoms with Crippen molar-refractivity contribution in [2.75, 3.05) is 19.8 Å². The number of nitrogens with one attached hydrogen (secondary N) is 1. The predicted octanol–water partition coefficient (Wildman–Crippen LogP) is 1.59. The summed E-state index contributed by atoms with van der Waals surface area (Å²) in [5.41, 5.74) is 3.31. The van der Waals surface area contributed by atoms with Crippen molar-refractivity contribution in [1.29, 1.82) is 0 Å². The monoisotopic (exact) mass is 223 g/mol. The van der Waals surface area contributed by atoms with E-state index in [0.717, 1.165) is 6.42 Å². The van der Waals surface area contributed by atoms with E-state index in [4.69, 9.17) is 9.57 Å². The zero-order chi connectivity index (χ0) is 11.0. The fraction of sp³-hybridized carbons (Fsp3) is 0.500. The molecule has 2 heterocycles. The second kappa shape index (κ2) is 3.80. The number of ether oxygens (including phenoxy) is 1. The lowest BCUT2D eigenvalue weighted by atomic mass is 9.76. The molecule has 3 rings (SSSR count). The first-order chi connectivity index (χ1) is 7.83. The molecule has 2 fully saturated rings. The second-order valence-electron chi connectivity index (χ2n) is 4.39. The number of fused-ring (bicyclic) bond motifs is 1. The molecule has 0 aromatic heterocycles. The predicted molar refractivity (Wildman–Crippen MR) is 56.1 cm³/mol. The third-order valence-electron chi connectivity index (χ3n) is 3.55. The molecule has 0 saturated carbocycles. The number of benzene rings is 1. The first kappa shape index (κ1) is 10.2. The number of halogens is 1. The van der Waals surface area contributed by atoms with Crippen LogP contribution in [-0.2, 0) is 15.1 Å². The molecule has 2 saturated heterocycles. The molecule has 1 N–H and O–H groups in total. The lowest BCUT2D eigenvalue weighted by molar-refractivity contribution is -0.00193. The average Bonchev–Trinajstić information content (AvgIpc) is 2.74. The molecule has 0 spiro atoms. The molecular weight excluding hydrogens is 209 g/mol. The first-order valence-electron chi connectivity index (χ1n) is 5.55. The molecule has 2 atom stereocenters.